The summed E-state index contributed by atoms with van der Waals surface area (Å²) < 4.78 is 0. The van der Waals surface area contributed by atoms with Crippen molar-refractivity contribution in [2.75, 3.05) is 0 Å². The Morgan fingerprint density at radius 1 is 1.30 bits per heavy atom. The van der Waals surface area contributed by atoms with Crippen molar-refractivity contribution >= 4 is 22.7 Å². The van der Waals surface area contributed by atoms with E-state index in [1.165, 1.54) is 0 Å². The molecule has 1 aromatic carbocycles. The Hall–Kier alpha value is -2.13. The summed E-state index contributed by atoms with van der Waals surface area (Å²) in [6.45, 7) is 5.67. The van der Waals surface area contributed by atoms with Gasteiger partial charge in [-0.25, -0.2) is 9.98 Å². The number of hydrogen-bond acceptors (Lipinski definition) is 3. The highest BCUT2D eigenvalue weighted by molar-refractivity contribution is 6.66. The first kappa shape index (κ1) is 14.3. The number of benzene rings is 1. The number of allylic oxidation sites excluding steroid dienone is 3. The molecule has 102 valence electrons. The van der Waals surface area contributed by atoms with Crippen molar-refractivity contribution in [2.24, 2.45) is 9.98 Å². The molecular weight excluding hydrogens is 270 g/mol. The highest BCUT2D eigenvalue weighted by Gasteiger charge is 2.18. The van der Waals surface area contributed by atoms with Crippen molar-refractivity contribution in [3.63, 3.8) is 0 Å². The zero-order chi connectivity index (χ0) is 14.4. The van der Waals surface area contributed by atoms with Gasteiger partial charge in [-0.15, -0.1) is 0 Å². The molecule has 0 saturated heterocycles. The van der Waals surface area contributed by atoms with Crippen LogP contribution in [0, 0.1) is 0 Å². The molecule has 1 heterocycles. The van der Waals surface area contributed by atoms with Crippen molar-refractivity contribution in [1.29, 1.82) is 0 Å². The molecule has 0 radical (unpaired) electrons. The van der Waals surface area contributed by atoms with Crippen LogP contribution >= 0.6 is 11.6 Å². The lowest BCUT2D eigenvalue weighted by molar-refractivity contribution is 0.819. The van der Waals surface area contributed by atoms with Crippen LogP contribution < -0.4 is 5.32 Å². The van der Waals surface area contributed by atoms with Crippen LogP contribution in [-0.2, 0) is 0 Å². The van der Waals surface area contributed by atoms with Gasteiger partial charge >= 0.3 is 0 Å². The topological polar surface area (TPSA) is 36.8 Å². The summed E-state index contributed by atoms with van der Waals surface area (Å²) in [6, 6.07) is 9.83. The van der Waals surface area contributed by atoms with Crippen LogP contribution in [0.4, 0.5) is 0 Å². The van der Waals surface area contributed by atoms with E-state index in [1.807, 2.05) is 55.5 Å². The van der Waals surface area contributed by atoms with Crippen molar-refractivity contribution in [1.82, 2.24) is 5.32 Å². The van der Waals surface area contributed by atoms with E-state index in [0.717, 1.165) is 17.0 Å². The third-order valence-corrected chi connectivity index (χ3v) is 2.92. The Morgan fingerprint density at radius 2 is 2.05 bits per heavy atom. The first-order valence-corrected chi connectivity index (χ1v) is 6.71. The van der Waals surface area contributed by atoms with Crippen LogP contribution in [0.15, 0.2) is 76.8 Å². The molecule has 0 aliphatic carbocycles. The number of halogens is 1. The Bertz CT molecular complexity index is 597. The van der Waals surface area contributed by atoms with E-state index >= 15 is 0 Å². The second-order valence-electron chi connectivity index (χ2n) is 4.16. The normalized spacial score (nSPS) is 19.3. The fourth-order valence-electron chi connectivity index (χ4n) is 1.87. The average molecular weight is 286 g/mol. The molecule has 1 aliphatic heterocycles. The predicted octanol–water partition coefficient (Wildman–Crippen LogP) is 3.65. The fraction of sp³-hybridized carbons (Fsp3) is 0.125. The molecule has 0 spiro atoms. The third kappa shape index (κ3) is 3.45. The third-order valence-electron chi connectivity index (χ3n) is 2.72. The van der Waals surface area contributed by atoms with Gasteiger partial charge < -0.3 is 5.32 Å². The molecule has 1 aliphatic rings. The summed E-state index contributed by atoms with van der Waals surface area (Å²) >= 11 is 6.08. The fourth-order valence-corrected chi connectivity index (χ4v) is 2.05. The van der Waals surface area contributed by atoms with Crippen LogP contribution in [0.3, 0.4) is 0 Å². The minimum absolute atomic E-state index is 0.336. The molecule has 1 N–H and O–H groups in total. The minimum atomic E-state index is -0.354. The highest BCUT2D eigenvalue weighted by atomic mass is 35.5. The van der Waals surface area contributed by atoms with Crippen LogP contribution in [-0.4, -0.2) is 17.3 Å². The first-order chi connectivity index (χ1) is 9.74. The second-order valence-corrected chi connectivity index (χ2v) is 4.52. The average Bonchev–Trinajstić information content (AvgIpc) is 2.47. The van der Waals surface area contributed by atoms with E-state index < -0.39 is 0 Å². The summed E-state index contributed by atoms with van der Waals surface area (Å²) in [5, 5.41) is 3.33. The van der Waals surface area contributed by atoms with E-state index in [0.29, 0.717) is 5.29 Å². The maximum absolute atomic E-state index is 6.08. The monoisotopic (exact) mass is 285 g/mol. The predicted molar refractivity (Wildman–Crippen MR) is 86.3 cm³/mol. The molecule has 0 amide bonds. The van der Waals surface area contributed by atoms with Gasteiger partial charge in [0, 0.05) is 5.56 Å². The van der Waals surface area contributed by atoms with Crippen molar-refractivity contribution in [3.8, 4) is 0 Å². The number of rotatable bonds is 4. The SMILES string of the molecule is C=C/C=C(\C=C/C)C1N=C(Cl)NC(c2ccccc2)=N1. The van der Waals surface area contributed by atoms with Gasteiger partial charge in [0.25, 0.3) is 0 Å². The zero-order valence-electron chi connectivity index (χ0n) is 11.3. The summed E-state index contributed by atoms with van der Waals surface area (Å²) in [5.41, 5.74) is 1.92. The minimum Gasteiger partial charge on any atom is -0.315 e. The van der Waals surface area contributed by atoms with Gasteiger partial charge in [0.2, 0.25) is 0 Å². The molecule has 2 rings (SSSR count). The maximum atomic E-state index is 6.08. The summed E-state index contributed by atoms with van der Waals surface area (Å²) in [5.74, 6) is 0.718. The molecular formula is C16H16ClN3. The maximum Gasteiger partial charge on any atom is 0.199 e. The van der Waals surface area contributed by atoms with E-state index in [-0.39, 0.29) is 6.17 Å². The first-order valence-electron chi connectivity index (χ1n) is 6.33. The molecule has 0 bridgehead atoms. The number of aliphatic imine (C=N–C) groups is 2. The number of nitrogens with zero attached hydrogens (tertiary/aromatic N) is 2. The molecule has 0 aromatic heterocycles. The van der Waals surface area contributed by atoms with Gasteiger partial charge in [-0.3, -0.25) is 0 Å². The Labute approximate surface area is 124 Å². The molecule has 1 unspecified atom stereocenters. The Kier molecular flexibility index (Phi) is 4.91. The molecule has 1 aromatic rings. The van der Waals surface area contributed by atoms with E-state index in [1.54, 1.807) is 6.08 Å². The largest absolute Gasteiger partial charge is 0.315 e. The smallest absolute Gasteiger partial charge is 0.199 e. The summed E-state index contributed by atoms with van der Waals surface area (Å²) in [7, 11) is 0. The van der Waals surface area contributed by atoms with Gasteiger partial charge in [-0.05, 0) is 24.1 Å². The summed E-state index contributed by atoms with van der Waals surface area (Å²) in [4.78, 5) is 8.92. The van der Waals surface area contributed by atoms with Crippen molar-refractivity contribution < 1.29 is 0 Å². The molecule has 3 nitrogen and oxygen atoms in total. The molecule has 0 saturated carbocycles. The Balaban J connectivity index is 2.38. The van der Waals surface area contributed by atoms with E-state index in [4.69, 9.17) is 11.6 Å². The number of nitrogens with one attached hydrogen (secondary N) is 1. The lowest BCUT2D eigenvalue weighted by Crippen LogP contribution is -2.34. The van der Waals surface area contributed by atoms with Gasteiger partial charge in [-0.2, -0.15) is 0 Å². The van der Waals surface area contributed by atoms with Gasteiger partial charge in [0.05, 0.1) is 0 Å². The standard InChI is InChI=1S/C16H16ClN3/c1-3-8-12(9-4-2)14-18-15(20-16(17)19-14)13-10-6-5-7-11-13/h3-11,14H,1H2,2H3,(H,18,19,20)/b9-4-,12-8+. The van der Waals surface area contributed by atoms with Crippen LogP contribution in [0.2, 0.25) is 0 Å². The molecule has 1 atom stereocenters. The van der Waals surface area contributed by atoms with Crippen LogP contribution in [0.25, 0.3) is 0 Å². The Morgan fingerprint density at radius 3 is 2.70 bits per heavy atom. The lowest BCUT2D eigenvalue weighted by atomic mass is 10.1. The van der Waals surface area contributed by atoms with Gasteiger partial charge in [0.15, 0.2) is 11.5 Å². The zero-order valence-corrected chi connectivity index (χ0v) is 12.0. The van der Waals surface area contributed by atoms with Crippen molar-refractivity contribution in [2.45, 2.75) is 13.1 Å². The van der Waals surface area contributed by atoms with E-state index in [2.05, 4.69) is 21.9 Å². The lowest BCUT2D eigenvalue weighted by Gasteiger charge is -2.19. The van der Waals surface area contributed by atoms with Gasteiger partial charge in [0.1, 0.15) is 5.84 Å². The van der Waals surface area contributed by atoms with Crippen LogP contribution in [0.5, 0.6) is 0 Å². The number of amidine groups is 2. The number of hydrogen-bond donors (Lipinski definition) is 1. The molecule has 0 fully saturated rings. The van der Waals surface area contributed by atoms with Gasteiger partial charge in [-0.1, -0.05) is 61.2 Å². The molecule has 4 heteroatoms. The quantitative estimate of drug-likeness (QED) is 0.665. The highest BCUT2D eigenvalue weighted by Crippen LogP contribution is 2.16. The molecule has 20 heavy (non-hydrogen) atoms. The van der Waals surface area contributed by atoms with Crippen LogP contribution in [0.1, 0.15) is 12.5 Å². The summed E-state index contributed by atoms with van der Waals surface area (Å²) in [6.07, 6.45) is 7.15. The van der Waals surface area contributed by atoms with Crippen molar-refractivity contribution in [3.05, 3.63) is 72.4 Å². The second kappa shape index (κ2) is 6.87. The van der Waals surface area contributed by atoms with E-state index in [9.17, 15) is 0 Å².